The van der Waals surface area contributed by atoms with E-state index >= 15 is 0 Å². The molecule has 6 heteroatoms. The Labute approximate surface area is 89.4 Å². The Kier molecular flexibility index (Phi) is 2.59. The average Bonchev–Trinajstić information content (AvgIpc) is 2.71. The van der Waals surface area contributed by atoms with Crippen molar-refractivity contribution in [3.05, 3.63) is 34.9 Å². The zero-order valence-electron chi connectivity index (χ0n) is 7.54. The van der Waals surface area contributed by atoms with Crippen molar-refractivity contribution < 1.29 is 9.90 Å². The second-order valence-electron chi connectivity index (χ2n) is 2.71. The highest BCUT2D eigenvalue weighted by Crippen LogP contribution is 2.16. The number of thiophene rings is 1. The van der Waals surface area contributed by atoms with Crippen LogP contribution in [0.1, 0.15) is 10.6 Å². The summed E-state index contributed by atoms with van der Waals surface area (Å²) in [6, 6.07) is 3.50. The quantitative estimate of drug-likeness (QED) is 0.828. The van der Waals surface area contributed by atoms with E-state index in [-0.39, 0.29) is 5.82 Å². The zero-order valence-corrected chi connectivity index (χ0v) is 8.36. The van der Waals surface area contributed by atoms with Crippen LogP contribution in [0.25, 0.3) is 0 Å². The Hall–Kier alpha value is -1.95. The van der Waals surface area contributed by atoms with E-state index in [1.807, 2.05) is 16.8 Å². The van der Waals surface area contributed by atoms with Gasteiger partial charge in [0.05, 0.1) is 5.69 Å². The van der Waals surface area contributed by atoms with E-state index in [4.69, 9.17) is 5.11 Å². The predicted octanol–water partition coefficient (Wildman–Crippen LogP) is 1.98. The number of rotatable bonds is 3. The molecule has 0 unspecified atom stereocenters. The number of aromatic nitrogens is 2. The van der Waals surface area contributed by atoms with Crippen LogP contribution in [0.3, 0.4) is 0 Å². The molecular weight excluding hydrogens is 214 g/mol. The van der Waals surface area contributed by atoms with E-state index in [9.17, 15) is 4.79 Å². The van der Waals surface area contributed by atoms with Crippen LogP contribution in [0.15, 0.2) is 29.1 Å². The molecule has 0 aromatic carbocycles. The minimum absolute atomic E-state index is 0.213. The molecule has 0 atom stereocenters. The Morgan fingerprint density at radius 2 is 2.33 bits per heavy atom. The maximum atomic E-state index is 10.6. The Bertz CT molecular complexity index is 470. The van der Waals surface area contributed by atoms with Gasteiger partial charge in [0.15, 0.2) is 0 Å². The van der Waals surface area contributed by atoms with Crippen LogP contribution in [-0.4, -0.2) is 21.0 Å². The van der Waals surface area contributed by atoms with Crippen molar-refractivity contribution in [3.63, 3.8) is 0 Å². The van der Waals surface area contributed by atoms with Gasteiger partial charge in [0.2, 0.25) is 5.82 Å². The molecule has 15 heavy (non-hydrogen) atoms. The van der Waals surface area contributed by atoms with Gasteiger partial charge in [-0.1, -0.05) is 0 Å². The smallest absolute Gasteiger partial charge is 0.374 e. The van der Waals surface area contributed by atoms with Crippen molar-refractivity contribution in [3.8, 4) is 0 Å². The molecule has 76 valence electrons. The van der Waals surface area contributed by atoms with Gasteiger partial charge in [-0.25, -0.2) is 14.8 Å². The van der Waals surface area contributed by atoms with E-state index in [2.05, 4.69) is 15.3 Å². The van der Waals surface area contributed by atoms with E-state index in [0.29, 0.717) is 5.82 Å². The van der Waals surface area contributed by atoms with Crippen molar-refractivity contribution in [2.75, 3.05) is 5.32 Å². The van der Waals surface area contributed by atoms with E-state index in [0.717, 1.165) is 5.69 Å². The third-order valence-corrected chi connectivity index (χ3v) is 2.32. The number of anilines is 2. The predicted molar refractivity (Wildman–Crippen MR) is 56.6 cm³/mol. The molecule has 2 N–H and O–H groups in total. The number of carboxylic acid groups (broad SMARTS) is 1. The minimum atomic E-state index is -1.14. The van der Waals surface area contributed by atoms with E-state index in [1.54, 1.807) is 17.4 Å². The minimum Gasteiger partial charge on any atom is -0.475 e. The number of carbonyl (C=O) groups is 1. The fourth-order valence-electron chi connectivity index (χ4n) is 1.01. The molecule has 2 heterocycles. The van der Waals surface area contributed by atoms with Gasteiger partial charge in [-0.05, 0) is 17.5 Å². The number of nitrogens with zero attached hydrogens (tertiary/aromatic N) is 2. The second-order valence-corrected chi connectivity index (χ2v) is 3.49. The lowest BCUT2D eigenvalue weighted by Crippen LogP contribution is -2.05. The molecule has 0 fully saturated rings. The molecule has 0 radical (unpaired) electrons. The largest absolute Gasteiger partial charge is 0.475 e. The van der Waals surface area contributed by atoms with Crippen LogP contribution in [0.2, 0.25) is 0 Å². The molecule has 0 bridgehead atoms. The Morgan fingerprint density at radius 3 is 3.00 bits per heavy atom. The van der Waals surface area contributed by atoms with Crippen LogP contribution in [0.4, 0.5) is 11.5 Å². The molecule has 0 aliphatic carbocycles. The number of nitrogens with one attached hydrogen (secondary N) is 1. The van der Waals surface area contributed by atoms with Crippen molar-refractivity contribution in [2.45, 2.75) is 0 Å². The fraction of sp³-hybridized carbons (Fsp3) is 0. The van der Waals surface area contributed by atoms with Crippen molar-refractivity contribution >= 4 is 28.8 Å². The SMILES string of the molecule is O=C(O)c1nccc(Nc2ccsc2)n1. The summed E-state index contributed by atoms with van der Waals surface area (Å²) in [5.74, 6) is -0.875. The maximum Gasteiger partial charge on any atom is 0.374 e. The first kappa shape index (κ1) is 9.60. The first-order valence-corrected chi connectivity index (χ1v) is 5.05. The summed E-state index contributed by atoms with van der Waals surface area (Å²) in [6.07, 6.45) is 1.41. The van der Waals surface area contributed by atoms with Gasteiger partial charge in [0.1, 0.15) is 5.82 Å². The molecule has 0 saturated carbocycles. The van der Waals surface area contributed by atoms with Gasteiger partial charge in [-0.15, -0.1) is 0 Å². The number of hydrogen-bond donors (Lipinski definition) is 2. The van der Waals surface area contributed by atoms with Crippen LogP contribution in [-0.2, 0) is 0 Å². The van der Waals surface area contributed by atoms with Crippen LogP contribution >= 0.6 is 11.3 Å². The van der Waals surface area contributed by atoms with Gasteiger partial charge >= 0.3 is 5.97 Å². The van der Waals surface area contributed by atoms with Gasteiger partial charge in [0, 0.05) is 11.6 Å². The third kappa shape index (κ3) is 2.29. The molecule has 0 amide bonds. The zero-order chi connectivity index (χ0) is 10.7. The number of aromatic carboxylic acids is 1. The highest BCUT2D eigenvalue weighted by atomic mass is 32.1. The lowest BCUT2D eigenvalue weighted by molar-refractivity contribution is 0.0683. The first-order chi connectivity index (χ1) is 7.25. The Morgan fingerprint density at radius 1 is 1.47 bits per heavy atom. The molecule has 0 aliphatic rings. The topological polar surface area (TPSA) is 75.1 Å². The normalized spacial score (nSPS) is 9.87. The molecule has 5 nitrogen and oxygen atoms in total. The molecular formula is C9H7N3O2S. The highest BCUT2D eigenvalue weighted by molar-refractivity contribution is 7.08. The van der Waals surface area contributed by atoms with Gasteiger partial charge < -0.3 is 10.4 Å². The summed E-state index contributed by atoms with van der Waals surface area (Å²) in [4.78, 5) is 18.1. The number of hydrogen-bond acceptors (Lipinski definition) is 5. The van der Waals surface area contributed by atoms with Crippen molar-refractivity contribution in [1.82, 2.24) is 9.97 Å². The van der Waals surface area contributed by atoms with Crippen LogP contribution in [0, 0.1) is 0 Å². The van der Waals surface area contributed by atoms with Crippen LogP contribution < -0.4 is 5.32 Å². The van der Waals surface area contributed by atoms with Crippen molar-refractivity contribution in [2.24, 2.45) is 0 Å². The maximum absolute atomic E-state index is 10.6. The molecule has 2 rings (SSSR count). The van der Waals surface area contributed by atoms with Crippen molar-refractivity contribution in [1.29, 1.82) is 0 Å². The van der Waals surface area contributed by atoms with Gasteiger partial charge in [-0.3, -0.25) is 0 Å². The summed E-state index contributed by atoms with van der Waals surface area (Å²) in [5.41, 5.74) is 0.884. The summed E-state index contributed by atoms with van der Waals surface area (Å²) < 4.78 is 0. The van der Waals surface area contributed by atoms with E-state index in [1.165, 1.54) is 6.20 Å². The standard InChI is InChI=1S/C9H7N3O2S/c13-9(14)8-10-3-1-7(12-8)11-6-2-4-15-5-6/h1-5H,(H,13,14)(H,10,11,12). The Balaban J connectivity index is 2.22. The fourth-order valence-corrected chi connectivity index (χ4v) is 1.60. The summed E-state index contributed by atoms with van der Waals surface area (Å²) in [7, 11) is 0. The summed E-state index contributed by atoms with van der Waals surface area (Å²) in [6.45, 7) is 0. The first-order valence-electron chi connectivity index (χ1n) is 4.11. The molecule has 0 aliphatic heterocycles. The molecule has 0 saturated heterocycles. The van der Waals surface area contributed by atoms with E-state index < -0.39 is 5.97 Å². The lowest BCUT2D eigenvalue weighted by atomic mass is 10.4. The average molecular weight is 221 g/mol. The highest BCUT2D eigenvalue weighted by Gasteiger charge is 2.06. The molecule has 2 aromatic rings. The van der Waals surface area contributed by atoms with Gasteiger partial charge in [0.25, 0.3) is 0 Å². The lowest BCUT2D eigenvalue weighted by Gasteiger charge is -2.02. The monoisotopic (exact) mass is 221 g/mol. The second kappa shape index (κ2) is 4.05. The van der Waals surface area contributed by atoms with Gasteiger partial charge in [-0.2, -0.15) is 11.3 Å². The number of carboxylic acids is 1. The summed E-state index contributed by atoms with van der Waals surface area (Å²) in [5, 5.41) is 15.5. The molecule has 2 aromatic heterocycles. The summed E-state index contributed by atoms with van der Waals surface area (Å²) >= 11 is 1.55. The third-order valence-electron chi connectivity index (χ3n) is 1.64. The molecule has 0 spiro atoms. The van der Waals surface area contributed by atoms with Crippen LogP contribution in [0.5, 0.6) is 0 Å².